The Morgan fingerprint density at radius 2 is 2.00 bits per heavy atom. The highest BCUT2D eigenvalue weighted by molar-refractivity contribution is 5.90. The van der Waals surface area contributed by atoms with E-state index in [2.05, 4.69) is 5.10 Å². The molecular formula is C13H19N3O4. The number of esters is 1. The minimum atomic E-state index is -0.542. The second-order valence-corrected chi connectivity index (χ2v) is 5.62. The number of hydrogen-bond donors (Lipinski definition) is 0. The van der Waals surface area contributed by atoms with Gasteiger partial charge in [-0.15, -0.1) is 0 Å². The highest BCUT2D eigenvalue weighted by Gasteiger charge is 2.29. The van der Waals surface area contributed by atoms with E-state index in [1.807, 2.05) is 20.8 Å². The SMILES string of the molecule is COC(=O)c1cnn2c1CN(C(=O)OC(C)(C)C)CC2. The van der Waals surface area contributed by atoms with E-state index in [1.54, 1.807) is 9.58 Å². The Labute approximate surface area is 117 Å². The van der Waals surface area contributed by atoms with Gasteiger partial charge in [-0.05, 0) is 20.8 Å². The van der Waals surface area contributed by atoms with E-state index in [-0.39, 0.29) is 6.09 Å². The molecule has 110 valence electrons. The Morgan fingerprint density at radius 3 is 2.60 bits per heavy atom. The van der Waals surface area contributed by atoms with Crippen LogP contribution in [0.3, 0.4) is 0 Å². The molecule has 0 atom stereocenters. The highest BCUT2D eigenvalue weighted by atomic mass is 16.6. The maximum absolute atomic E-state index is 12.1. The summed E-state index contributed by atoms with van der Waals surface area (Å²) in [7, 11) is 1.32. The summed E-state index contributed by atoms with van der Waals surface area (Å²) in [5, 5.41) is 4.13. The van der Waals surface area contributed by atoms with Crippen LogP contribution in [-0.4, -0.2) is 46.0 Å². The summed E-state index contributed by atoms with van der Waals surface area (Å²) < 4.78 is 11.8. The first kappa shape index (κ1) is 14.4. The zero-order valence-electron chi connectivity index (χ0n) is 12.2. The fourth-order valence-corrected chi connectivity index (χ4v) is 2.01. The Bertz CT molecular complexity index is 530. The summed E-state index contributed by atoms with van der Waals surface area (Å²) in [6.45, 7) is 6.78. The van der Waals surface area contributed by atoms with Crippen LogP contribution in [0.2, 0.25) is 0 Å². The predicted molar refractivity (Wildman–Crippen MR) is 70.2 cm³/mol. The zero-order valence-corrected chi connectivity index (χ0v) is 12.2. The third-order valence-electron chi connectivity index (χ3n) is 2.93. The molecule has 1 amide bonds. The molecule has 0 saturated heterocycles. The van der Waals surface area contributed by atoms with Gasteiger partial charge in [0.05, 0.1) is 32.1 Å². The van der Waals surface area contributed by atoms with Gasteiger partial charge < -0.3 is 14.4 Å². The smallest absolute Gasteiger partial charge is 0.410 e. The van der Waals surface area contributed by atoms with Gasteiger partial charge in [0.2, 0.25) is 0 Å². The Hall–Kier alpha value is -2.05. The zero-order chi connectivity index (χ0) is 14.9. The van der Waals surface area contributed by atoms with Crippen molar-refractivity contribution in [3.63, 3.8) is 0 Å². The van der Waals surface area contributed by atoms with Crippen LogP contribution in [0.25, 0.3) is 0 Å². The number of carbonyl (C=O) groups excluding carboxylic acids is 2. The van der Waals surface area contributed by atoms with E-state index in [4.69, 9.17) is 9.47 Å². The molecule has 1 aliphatic heterocycles. The second-order valence-electron chi connectivity index (χ2n) is 5.62. The van der Waals surface area contributed by atoms with Crippen LogP contribution in [-0.2, 0) is 22.6 Å². The summed E-state index contributed by atoms with van der Waals surface area (Å²) in [5.74, 6) is -0.447. The molecule has 20 heavy (non-hydrogen) atoms. The monoisotopic (exact) mass is 281 g/mol. The van der Waals surface area contributed by atoms with Gasteiger partial charge in [-0.25, -0.2) is 9.59 Å². The maximum atomic E-state index is 12.1. The third-order valence-corrected chi connectivity index (χ3v) is 2.93. The van der Waals surface area contributed by atoms with E-state index in [9.17, 15) is 9.59 Å². The molecule has 0 bridgehead atoms. The molecule has 2 heterocycles. The number of aromatic nitrogens is 2. The number of methoxy groups -OCH3 is 1. The minimum Gasteiger partial charge on any atom is -0.465 e. The summed E-state index contributed by atoms with van der Waals surface area (Å²) in [4.78, 5) is 25.3. The molecule has 0 fully saturated rings. The largest absolute Gasteiger partial charge is 0.465 e. The van der Waals surface area contributed by atoms with Crippen LogP contribution in [0.4, 0.5) is 4.79 Å². The summed E-state index contributed by atoms with van der Waals surface area (Å²) in [6.07, 6.45) is 1.08. The van der Waals surface area contributed by atoms with Crippen LogP contribution < -0.4 is 0 Å². The molecule has 2 rings (SSSR count). The predicted octanol–water partition coefficient (Wildman–Crippen LogP) is 1.42. The summed E-state index contributed by atoms with van der Waals surface area (Å²) in [5.41, 5.74) is 0.523. The number of carbonyl (C=O) groups is 2. The lowest BCUT2D eigenvalue weighted by Crippen LogP contribution is -2.42. The lowest BCUT2D eigenvalue weighted by molar-refractivity contribution is 0.0191. The van der Waals surface area contributed by atoms with Gasteiger partial charge in [-0.3, -0.25) is 4.68 Å². The van der Waals surface area contributed by atoms with Crippen molar-refractivity contribution in [3.8, 4) is 0 Å². The van der Waals surface area contributed by atoms with Gasteiger partial charge in [0.25, 0.3) is 0 Å². The molecule has 1 aromatic rings. The number of fused-ring (bicyclic) bond motifs is 1. The number of rotatable bonds is 1. The first-order valence-electron chi connectivity index (χ1n) is 6.43. The van der Waals surface area contributed by atoms with E-state index in [0.29, 0.717) is 30.9 Å². The van der Waals surface area contributed by atoms with Crippen molar-refractivity contribution >= 4 is 12.1 Å². The molecule has 0 N–H and O–H groups in total. The van der Waals surface area contributed by atoms with Crippen molar-refractivity contribution in [2.24, 2.45) is 0 Å². The maximum Gasteiger partial charge on any atom is 0.410 e. The average molecular weight is 281 g/mol. The summed E-state index contributed by atoms with van der Waals surface area (Å²) in [6, 6.07) is 0. The summed E-state index contributed by atoms with van der Waals surface area (Å²) >= 11 is 0. The van der Waals surface area contributed by atoms with Crippen molar-refractivity contribution in [2.45, 2.75) is 39.5 Å². The Kier molecular flexibility index (Phi) is 3.69. The third kappa shape index (κ3) is 2.92. The van der Waals surface area contributed by atoms with Crippen LogP contribution in [0.5, 0.6) is 0 Å². The lowest BCUT2D eigenvalue weighted by Gasteiger charge is -2.30. The van der Waals surface area contributed by atoms with Crippen LogP contribution >= 0.6 is 0 Å². The van der Waals surface area contributed by atoms with Gasteiger partial charge in [0.1, 0.15) is 11.2 Å². The topological polar surface area (TPSA) is 73.7 Å². The van der Waals surface area contributed by atoms with Crippen molar-refractivity contribution < 1.29 is 19.1 Å². The van der Waals surface area contributed by atoms with Gasteiger partial charge in [-0.1, -0.05) is 0 Å². The van der Waals surface area contributed by atoms with E-state index < -0.39 is 11.6 Å². The van der Waals surface area contributed by atoms with E-state index in [1.165, 1.54) is 13.3 Å². The quantitative estimate of drug-likeness (QED) is 0.728. The standard InChI is InChI=1S/C13H19N3O4/c1-13(2,3)20-12(18)15-5-6-16-10(8-15)9(7-14-16)11(17)19-4/h7H,5-6,8H2,1-4H3. The van der Waals surface area contributed by atoms with Gasteiger partial charge in [-0.2, -0.15) is 5.10 Å². The van der Waals surface area contributed by atoms with Crippen LogP contribution in [0.1, 0.15) is 36.8 Å². The number of hydrogen-bond acceptors (Lipinski definition) is 5. The fourth-order valence-electron chi connectivity index (χ4n) is 2.01. The number of nitrogens with zero attached hydrogens (tertiary/aromatic N) is 3. The average Bonchev–Trinajstić information content (AvgIpc) is 2.78. The number of amides is 1. The molecule has 0 aliphatic carbocycles. The molecule has 1 aliphatic rings. The lowest BCUT2D eigenvalue weighted by atomic mass is 10.2. The molecule has 0 unspecified atom stereocenters. The molecule has 0 spiro atoms. The van der Waals surface area contributed by atoms with Gasteiger partial charge in [0, 0.05) is 6.54 Å². The second kappa shape index (κ2) is 5.15. The van der Waals surface area contributed by atoms with Crippen molar-refractivity contribution in [1.82, 2.24) is 14.7 Å². The Balaban J connectivity index is 2.15. The number of ether oxygens (including phenoxy) is 2. The van der Waals surface area contributed by atoms with E-state index in [0.717, 1.165) is 0 Å². The van der Waals surface area contributed by atoms with Crippen LogP contribution in [0, 0.1) is 0 Å². The Morgan fingerprint density at radius 1 is 1.30 bits per heavy atom. The van der Waals surface area contributed by atoms with Crippen molar-refractivity contribution in [3.05, 3.63) is 17.5 Å². The first-order chi connectivity index (χ1) is 9.31. The molecule has 7 nitrogen and oxygen atoms in total. The normalized spacial score (nSPS) is 14.7. The highest BCUT2D eigenvalue weighted by Crippen LogP contribution is 2.19. The molecule has 0 saturated carbocycles. The molecule has 1 aromatic heterocycles. The van der Waals surface area contributed by atoms with Crippen molar-refractivity contribution in [2.75, 3.05) is 13.7 Å². The van der Waals surface area contributed by atoms with Gasteiger partial charge in [0.15, 0.2) is 0 Å². The fraction of sp³-hybridized carbons (Fsp3) is 0.615. The van der Waals surface area contributed by atoms with Crippen LogP contribution in [0.15, 0.2) is 6.20 Å². The molecule has 7 heteroatoms. The van der Waals surface area contributed by atoms with Crippen molar-refractivity contribution in [1.29, 1.82) is 0 Å². The molecular weight excluding hydrogens is 262 g/mol. The first-order valence-corrected chi connectivity index (χ1v) is 6.43. The minimum absolute atomic E-state index is 0.291. The van der Waals surface area contributed by atoms with Gasteiger partial charge >= 0.3 is 12.1 Å². The van der Waals surface area contributed by atoms with E-state index >= 15 is 0 Å². The molecule has 0 radical (unpaired) electrons. The molecule has 0 aromatic carbocycles.